The van der Waals surface area contributed by atoms with Crippen LogP contribution in [0.15, 0.2) is 34.3 Å². The lowest BCUT2D eigenvalue weighted by Crippen LogP contribution is -2.49. The summed E-state index contributed by atoms with van der Waals surface area (Å²) in [5.74, 6) is 0.0144. The Labute approximate surface area is 207 Å². The van der Waals surface area contributed by atoms with E-state index in [9.17, 15) is 18.1 Å². The molecule has 1 amide bonds. The Morgan fingerprint density at radius 2 is 1.91 bits per heavy atom. The highest BCUT2D eigenvalue weighted by Gasteiger charge is 2.44. The van der Waals surface area contributed by atoms with E-state index >= 15 is 0 Å². The molecule has 2 saturated heterocycles. The first-order valence-corrected chi connectivity index (χ1v) is 13.7. The molecule has 0 radical (unpaired) electrons. The summed E-state index contributed by atoms with van der Waals surface area (Å²) >= 11 is 0. The van der Waals surface area contributed by atoms with E-state index in [1.165, 1.54) is 4.31 Å². The molecule has 1 aromatic carbocycles. The zero-order chi connectivity index (χ0) is 25.6. The topological polar surface area (TPSA) is 124 Å². The van der Waals surface area contributed by atoms with Gasteiger partial charge in [-0.15, -0.1) is 0 Å². The molecule has 0 aromatic heterocycles. The zero-order valence-corrected chi connectivity index (χ0v) is 21.7. The lowest BCUT2D eigenvalue weighted by atomic mass is 10.0. The molecule has 2 fully saturated rings. The highest BCUT2D eigenvalue weighted by atomic mass is 32.2. The highest BCUT2D eigenvalue weighted by molar-refractivity contribution is 7.89. The first-order chi connectivity index (χ1) is 16.7. The van der Waals surface area contributed by atoms with Crippen LogP contribution in [0.2, 0.25) is 0 Å². The summed E-state index contributed by atoms with van der Waals surface area (Å²) in [5.41, 5.74) is 1.03. The number of rotatable bonds is 12. The van der Waals surface area contributed by atoms with Crippen LogP contribution in [-0.2, 0) is 30.7 Å². The van der Waals surface area contributed by atoms with Gasteiger partial charge in [-0.2, -0.15) is 9.21 Å². The minimum Gasteiger partial charge on any atom is -0.443 e. The van der Waals surface area contributed by atoms with Gasteiger partial charge in [-0.05, 0) is 42.9 Å². The summed E-state index contributed by atoms with van der Waals surface area (Å²) in [6, 6.07) is 5.07. The number of fused-ring (bicyclic) bond motifs is 1. The SMILES string of the molecule is CCc1ccc(S(=O)(=O)N(CC(C)C)C[C@@H](N=O)[C@H](CC)NC(=O)O[C@H]2CO[C@H]3OCC[C@H]32)cc1. The number of carbonyl (C=O) groups excluding carboxylic acids is 1. The summed E-state index contributed by atoms with van der Waals surface area (Å²) in [4.78, 5) is 24.6. The molecule has 0 bridgehead atoms. The molecule has 2 heterocycles. The number of sulfonamides is 1. The van der Waals surface area contributed by atoms with Gasteiger partial charge in [0.1, 0.15) is 12.1 Å². The predicted octanol–water partition coefficient (Wildman–Crippen LogP) is 3.30. The Bertz CT molecular complexity index is 954. The third-order valence-corrected chi connectivity index (χ3v) is 8.36. The van der Waals surface area contributed by atoms with Gasteiger partial charge in [0.25, 0.3) is 0 Å². The molecule has 0 aliphatic carbocycles. The van der Waals surface area contributed by atoms with Gasteiger partial charge in [-0.25, -0.2) is 13.2 Å². The number of alkyl carbamates (subject to hydrolysis) is 1. The molecule has 5 atom stereocenters. The predicted molar refractivity (Wildman–Crippen MR) is 130 cm³/mol. The maximum atomic E-state index is 13.4. The largest absolute Gasteiger partial charge is 0.443 e. The third-order valence-electron chi connectivity index (χ3n) is 6.52. The fraction of sp³-hybridized carbons (Fsp3) is 0.708. The van der Waals surface area contributed by atoms with Crippen LogP contribution in [0.1, 0.15) is 46.1 Å². The number of nitrogens with zero attached hydrogens (tertiary/aromatic N) is 2. The van der Waals surface area contributed by atoms with Crippen molar-refractivity contribution in [3.8, 4) is 0 Å². The van der Waals surface area contributed by atoms with E-state index in [0.717, 1.165) is 18.4 Å². The van der Waals surface area contributed by atoms with Crippen molar-refractivity contribution >= 4 is 16.1 Å². The molecule has 0 saturated carbocycles. The Morgan fingerprint density at radius 1 is 1.20 bits per heavy atom. The van der Waals surface area contributed by atoms with E-state index in [4.69, 9.17) is 14.2 Å². The van der Waals surface area contributed by atoms with E-state index in [1.807, 2.05) is 20.8 Å². The third kappa shape index (κ3) is 6.78. The first kappa shape index (κ1) is 27.5. The molecule has 3 rings (SSSR count). The molecule has 0 spiro atoms. The maximum absolute atomic E-state index is 13.4. The molecule has 2 aliphatic heterocycles. The van der Waals surface area contributed by atoms with Crippen LogP contribution in [0.25, 0.3) is 0 Å². The smallest absolute Gasteiger partial charge is 0.407 e. The van der Waals surface area contributed by atoms with Gasteiger partial charge in [0.15, 0.2) is 6.29 Å². The highest BCUT2D eigenvalue weighted by Crippen LogP contribution is 2.33. The minimum absolute atomic E-state index is 0.00778. The molecule has 2 aliphatic rings. The van der Waals surface area contributed by atoms with Crippen molar-refractivity contribution in [2.24, 2.45) is 17.0 Å². The molecule has 196 valence electrons. The second-order valence-electron chi connectivity index (χ2n) is 9.51. The summed E-state index contributed by atoms with van der Waals surface area (Å²) in [7, 11) is -3.86. The lowest BCUT2D eigenvalue weighted by Gasteiger charge is -2.29. The molecule has 0 unspecified atom stereocenters. The number of benzene rings is 1. The van der Waals surface area contributed by atoms with E-state index in [-0.39, 0.29) is 42.7 Å². The van der Waals surface area contributed by atoms with Crippen molar-refractivity contribution in [3.05, 3.63) is 34.7 Å². The molecule has 1 aromatic rings. The number of hydrogen-bond acceptors (Lipinski definition) is 8. The van der Waals surface area contributed by atoms with Crippen LogP contribution < -0.4 is 5.32 Å². The van der Waals surface area contributed by atoms with Crippen molar-refractivity contribution in [2.75, 3.05) is 26.3 Å². The van der Waals surface area contributed by atoms with Crippen LogP contribution in [0.5, 0.6) is 0 Å². The summed E-state index contributed by atoms with van der Waals surface area (Å²) in [5, 5.41) is 5.92. The zero-order valence-electron chi connectivity index (χ0n) is 20.9. The Hall–Kier alpha value is -2.08. The average molecular weight is 512 g/mol. The number of amides is 1. The normalized spacial score (nSPS) is 23.8. The maximum Gasteiger partial charge on any atom is 0.407 e. The molecular formula is C24H37N3O7S. The number of nitroso groups, excluding NO2 is 1. The Balaban J connectivity index is 1.70. The molecule has 10 nitrogen and oxygen atoms in total. The van der Waals surface area contributed by atoms with Crippen molar-refractivity contribution in [1.82, 2.24) is 9.62 Å². The van der Waals surface area contributed by atoms with Crippen LogP contribution in [0.3, 0.4) is 0 Å². The van der Waals surface area contributed by atoms with Gasteiger partial charge in [-0.3, -0.25) is 0 Å². The van der Waals surface area contributed by atoms with Crippen LogP contribution in [-0.4, -0.2) is 69.6 Å². The number of nitrogens with one attached hydrogen (secondary N) is 1. The summed E-state index contributed by atoms with van der Waals surface area (Å²) in [6.07, 6.45) is 0.475. The van der Waals surface area contributed by atoms with E-state index in [0.29, 0.717) is 13.0 Å². The summed E-state index contributed by atoms with van der Waals surface area (Å²) < 4.78 is 44.7. The standard InChI is InChI=1S/C24H37N3O7S/c1-5-17-7-9-18(10-8-17)35(30,31)27(13-16(3)4)14-21(26-29)20(6-2)25-24(28)34-22-15-33-23-19(22)11-12-32-23/h7-10,16,19-23H,5-6,11-15H2,1-4H3,(H,25,28)/t19-,20-,21+,22-,23+/m0/s1. The number of hydrogen-bond donors (Lipinski definition) is 1. The number of aryl methyl sites for hydroxylation is 1. The van der Waals surface area contributed by atoms with Crippen LogP contribution in [0, 0.1) is 16.7 Å². The second kappa shape index (κ2) is 12.2. The van der Waals surface area contributed by atoms with Gasteiger partial charge < -0.3 is 19.5 Å². The second-order valence-corrected chi connectivity index (χ2v) is 11.5. The molecule has 1 N–H and O–H groups in total. The Kier molecular flexibility index (Phi) is 9.62. The monoisotopic (exact) mass is 511 g/mol. The van der Waals surface area contributed by atoms with E-state index in [2.05, 4.69) is 10.5 Å². The molecular weight excluding hydrogens is 474 g/mol. The fourth-order valence-electron chi connectivity index (χ4n) is 4.51. The van der Waals surface area contributed by atoms with Crippen molar-refractivity contribution < 1.29 is 27.4 Å². The molecule has 11 heteroatoms. The van der Waals surface area contributed by atoms with E-state index < -0.39 is 34.3 Å². The first-order valence-electron chi connectivity index (χ1n) is 12.3. The molecule has 35 heavy (non-hydrogen) atoms. The van der Waals surface area contributed by atoms with Crippen LogP contribution in [0.4, 0.5) is 4.79 Å². The van der Waals surface area contributed by atoms with Gasteiger partial charge >= 0.3 is 6.09 Å². The van der Waals surface area contributed by atoms with Crippen molar-refractivity contribution in [3.63, 3.8) is 0 Å². The van der Waals surface area contributed by atoms with Gasteiger partial charge in [0.2, 0.25) is 10.0 Å². The van der Waals surface area contributed by atoms with Crippen molar-refractivity contribution in [1.29, 1.82) is 0 Å². The lowest BCUT2D eigenvalue weighted by molar-refractivity contribution is -0.0907. The van der Waals surface area contributed by atoms with Crippen LogP contribution >= 0.6 is 0 Å². The van der Waals surface area contributed by atoms with Gasteiger partial charge in [0.05, 0.1) is 30.1 Å². The Morgan fingerprint density at radius 3 is 2.51 bits per heavy atom. The van der Waals surface area contributed by atoms with Crippen molar-refractivity contribution in [2.45, 2.75) is 76.3 Å². The van der Waals surface area contributed by atoms with Gasteiger partial charge in [-0.1, -0.05) is 45.0 Å². The number of ether oxygens (including phenoxy) is 3. The van der Waals surface area contributed by atoms with Gasteiger partial charge in [0, 0.05) is 13.1 Å². The summed E-state index contributed by atoms with van der Waals surface area (Å²) in [6.45, 7) is 8.49. The number of carbonyl (C=O) groups is 1. The average Bonchev–Trinajstić information content (AvgIpc) is 3.45. The minimum atomic E-state index is -3.86. The fourth-order valence-corrected chi connectivity index (χ4v) is 6.13. The quantitative estimate of drug-likeness (QED) is 0.427. The van der Waals surface area contributed by atoms with E-state index in [1.54, 1.807) is 31.2 Å².